The predicted molar refractivity (Wildman–Crippen MR) is 111 cm³/mol. The summed E-state index contributed by atoms with van der Waals surface area (Å²) in [5, 5.41) is 14.0. The normalized spacial score (nSPS) is 15.3. The van der Waals surface area contributed by atoms with Gasteiger partial charge < -0.3 is 9.64 Å². The minimum absolute atomic E-state index is 0.0254. The third-order valence-electron chi connectivity index (χ3n) is 4.90. The summed E-state index contributed by atoms with van der Waals surface area (Å²) in [7, 11) is -6.57. The second-order valence-electron chi connectivity index (χ2n) is 6.74. The third-order valence-corrected chi connectivity index (χ3v) is 7.73. The van der Waals surface area contributed by atoms with Crippen LogP contribution in [-0.4, -0.2) is 60.4 Å². The maximum atomic E-state index is 12.9. The summed E-state index contributed by atoms with van der Waals surface area (Å²) in [5.41, 5.74) is 0.814. The van der Waals surface area contributed by atoms with Crippen LogP contribution in [0.1, 0.15) is 15.9 Å². The molecule has 3 rings (SSSR count). The summed E-state index contributed by atoms with van der Waals surface area (Å²) >= 11 is 0. The van der Waals surface area contributed by atoms with Crippen molar-refractivity contribution in [2.24, 2.45) is 5.14 Å². The molecule has 0 atom stereocenters. The number of nitrogens with two attached hydrogens (primary N) is 1. The van der Waals surface area contributed by atoms with Crippen molar-refractivity contribution >= 4 is 31.7 Å². The Morgan fingerprint density at radius 2 is 1.58 bits per heavy atom. The number of esters is 1. The number of anilines is 1. The van der Waals surface area contributed by atoms with Gasteiger partial charge in [-0.3, -0.25) is 0 Å². The topological polar surface area (TPSA) is 151 Å². The average Bonchev–Trinajstić information content (AvgIpc) is 2.77. The van der Waals surface area contributed by atoms with E-state index in [1.54, 1.807) is 4.90 Å². The number of primary sulfonamides is 1. The molecule has 0 amide bonds. The van der Waals surface area contributed by atoms with E-state index in [1.807, 2.05) is 6.07 Å². The van der Waals surface area contributed by atoms with E-state index in [0.29, 0.717) is 11.3 Å². The van der Waals surface area contributed by atoms with E-state index in [9.17, 15) is 21.6 Å². The monoisotopic (exact) mass is 464 g/mol. The van der Waals surface area contributed by atoms with Crippen LogP contribution in [0.3, 0.4) is 0 Å². The van der Waals surface area contributed by atoms with Gasteiger partial charge in [0.1, 0.15) is 0 Å². The first-order chi connectivity index (χ1) is 14.6. The first-order valence-electron chi connectivity index (χ1n) is 9.08. The molecule has 164 valence electrons. The summed E-state index contributed by atoms with van der Waals surface area (Å²) in [6.07, 6.45) is 0. The lowest BCUT2D eigenvalue weighted by atomic mass is 10.1. The molecule has 1 heterocycles. The van der Waals surface area contributed by atoms with E-state index in [0.717, 1.165) is 6.07 Å². The van der Waals surface area contributed by atoms with Gasteiger partial charge in [-0.1, -0.05) is 0 Å². The highest BCUT2D eigenvalue weighted by Crippen LogP contribution is 2.27. The molecule has 0 bridgehead atoms. The quantitative estimate of drug-likeness (QED) is 0.628. The van der Waals surface area contributed by atoms with Gasteiger partial charge in [0.05, 0.1) is 39.8 Å². The van der Waals surface area contributed by atoms with E-state index in [4.69, 9.17) is 15.1 Å². The average molecular weight is 465 g/mol. The number of ether oxygens (including phenoxy) is 1. The Bertz CT molecular complexity index is 1240. The van der Waals surface area contributed by atoms with Crippen molar-refractivity contribution in [3.63, 3.8) is 0 Å². The number of hydrogen-bond acceptors (Lipinski definition) is 8. The van der Waals surface area contributed by atoms with Crippen molar-refractivity contribution in [3.05, 3.63) is 53.6 Å². The highest BCUT2D eigenvalue weighted by molar-refractivity contribution is 7.89. The van der Waals surface area contributed by atoms with Crippen molar-refractivity contribution in [2.45, 2.75) is 9.79 Å². The fourth-order valence-corrected chi connectivity index (χ4v) is 5.22. The molecule has 2 aromatic carbocycles. The van der Waals surface area contributed by atoms with Crippen molar-refractivity contribution in [1.82, 2.24) is 4.31 Å². The minimum atomic E-state index is -4.01. The molecule has 0 unspecified atom stereocenters. The van der Waals surface area contributed by atoms with E-state index >= 15 is 0 Å². The largest absolute Gasteiger partial charge is 0.465 e. The molecule has 2 aromatic rings. The fraction of sp³-hybridized carbons (Fsp3) is 0.263. The Morgan fingerprint density at radius 1 is 1.00 bits per heavy atom. The van der Waals surface area contributed by atoms with Gasteiger partial charge in [0.2, 0.25) is 20.0 Å². The molecule has 12 heteroatoms. The van der Waals surface area contributed by atoms with Crippen molar-refractivity contribution in [1.29, 1.82) is 5.26 Å². The summed E-state index contributed by atoms with van der Waals surface area (Å²) in [5.74, 6) is -0.729. The number of nitriles is 1. The lowest BCUT2D eigenvalue weighted by molar-refractivity contribution is 0.0601. The minimum Gasteiger partial charge on any atom is -0.465 e. The van der Waals surface area contributed by atoms with Crippen LogP contribution in [0, 0.1) is 11.3 Å². The molecule has 1 fully saturated rings. The van der Waals surface area contributed by atoms with Gasteiger partial charge in [-0.05, 0) is 42.5 Å². The molecular weight excluding hydrogens is 444 g/mol. The molecule has 1 aliphatic heterocycles. The van der Waals surface area contributed by atoms with Crippen LogP contribution in [0.5, 0.6) is 0 Å². The lowest BCUT2D eigenvalue weighted by Crippen LogP contribution is -2.49. The van der Waals surface area contributed by atoms with Crippen LogP contribution < -0.4 is 10.0 Å². The molecule has 10 nitrogen and oxygen atoms in total. The highest BCUT2D eigenvalue weighted by Gasteiger charge is 2.30. The first kappa shape index (κ1) is 22.7. The highest BCUT2D eigenvalue weighted by atomic mass is 32.2. The predicted octanol–water partition coefficient (Wildman–Crippen LogP) is 0.503. The Labute approximate surface area is 180 Å². The van der Waals surface area contributed by atoms with Gasteiger partial charge in [0.15, 0.2) is 0 Å². The molecule has 0 saturated carbocycles. The fourth-order valence-electron chi connectivity index (χ4n) is 3.26. The van der Waals surface area contributed by atoms with Crippen LogP contribution in [0.25, 0.3) is 0 Å². The molecule has 0 spiro atoms. The molecule has 31 heavy (non-hydrogen) atoms. The van der Waals surface area contributed by atoms with E-state index in [-0.39, 0.29) is 41.5 Å². The van der Waals surface area contributed by atoms with Crippen LogP contribution in [0.2, 0.25) is 0 Å². The van der Waals surface area contributed by atoms with Crippen LogP contribution in [-0.2, 0) is 24.8 Å². The zero-order valence-corrected chi connectivity index (χ0v) is 18.2. The summed E-state index contributed by atoms with van der Waals surface area (Å²) in [6, 6.07) is 11.5. The number of carbonyl (C=O) groups is 1. The SMILES string of the molecule is COC(=O)c1cc(S(N)(=O)=O)ccc1N1CCN(S(=O)(=O)c2ccc(C#N)cc2)CC1. The van der Waals surface area contributed by atoms with Crippen LogP contribution >= 0.6 is 0 Å². The molecule has 0 radical (unpaired) electrons. The zero-order valence-electron chi connectivity index (χ0n) is 16.6. The molecule has 1 saturated heterocycles. The Hall–Kier alpha value is -2.98. The lowest BCUT2D eigenvalue weighted by Gasteiger charge is -2.36. The van der Waals surface area contributed by atoms with Gasteiger partial charge in [-0.15, -0.1) is 0 Å². The summed E-state index contributed by atoms with van der Waals surface area (Å²) in [6.45, 7) is 0.849. The maximum absolute atomic E-state index is 12.9. The van der Waals surface area contributed by atoms with E-state index in [1.165, 1.54) is 47.8 Å². The molecule has 2 N–H and O–H groups in total. The number of piperazine rings is 1. The van der Waals surface area contributed by atoms with Gasteiger partial charge in [0, 0.05) is 26.2 Å². The number of nitrogens with zero attached hydrogens (tertiary/aromatic N) is 3. The number of benzene rings is 2. The molecule has 1 aliphatic rings. The van der Waals surface area contributed by atoms with Crippen LogP contribution in [0.4, 0.5) is 5.69 Å². The molecule has 0 aliphatic carbocycles. The molecule has 0 aromatic heterocycles. The zero-order chi connectivity index (χ0) is 22.8. The number of hydrogen-bond donors (Lipinski definition) is 1. The van der Waals surface area contributed by atoms with Gasteiger partial charge in [-0.25, -0.2) is 26.8 Å². The molecular formula is C19H20N4O6S2. The maximum Gasteiger partial charge on any atom is 0.340 e. The number of methoxy groups -OCH3 is 1. The standard InChI is InChI=1S/C19H20N4O6S2/c1-29-19(24)17-12-16(30(21,25)26)6-7-18(17)22-8-10-23(11-9-22)31(27,28)15-4-2-14(13-20)3-5-15/h2-7,12H,8-11H2,1H3,(H2,21,25,26). The second kappa shape index (κ2) is 8.64. The number of carbonyl (C=O) groups excluding carboxylic acids is 1. The smallest absolute Gasteiger partial charge is 0.340 e. The van der Waals surface area contributed by atoms with E-state index in [2.05, 4.69) is 0 Å². The van der Waals surface area contributed by atoms with Crippen LogP contribution in [0.15, 0.2) is 52.3 Å². The van der Waals surface area contributed by atoms with Gasteiger partial charge in [0.25, 0.3) is 0 Å². The van der Waals surface area contributed by atoms with E-state index < -0.39 is 26.0 Å². The van der Waals surface area contributed by atoms with Crippen molar-refractivity contribution in [2.75, 3.05) is 38.2 Å². The summed E-state index contributed by atoms with van der Waals surface area (Å²) in [4.78, 5) is 13.9. The van der Waals surface area contributed by atoms with Gasteiger partial charge >= 0.3 is 5.97 Å². The summed E-state index contributed by atoms with van der Waals surface area (Å²) < 4.78 is 55.1. The second-order valence-corrected chi connectivity index (χ2v) is 10.2. The van der Waals surface area contributed by atoms with Gasteiger partial charge in [-0.2, -0.15) is 9.57 Å². The Kier molecular flexibility index (Phi) is 6.33. The number of sulfonamides is 2. The Balaban J connectivity index is 1.83. The first-order valence-corrected chi connectivity index (χ1v) is 12.1. The van der Waals surface area contributed by atoms with Crippen molar-refractivity contribution < 1.29 is 26.4 Å². The third kappa shape index (κ3) is 4.70. The Morgan fingerprint density at radius 3 is 2.10 bits per heavy atom. The van der Waals surface area contributed by atoms with Crippen molar-refractivity contribution in [3.8, 4) is 6.07 Å². The number of rotatable bonds is 5.